The molecular weight excluding hydrogens is 1270 g/mol. The zero-order valence-electron chi connectivity index (χ0n) is 65.9. The lowest BCUT2D eigenvalue weighted by Gasteiger charge is -2.46. The Morgan fingerprint density at radius 2 is 0.653 bits per heavy atom. The van der Waals surface area contributed by atoms with Gasteiger partial charge >= 0.3 is 0 Å². The molecule has 0 aromatic carbocycles. The quantitative estimate of drug-likeness (QED) is 0.0204. The second kappa shape index (κ2) is 71.4. The first-order valence-corrected chi connectivity index (χ1v) is 44.1. The fourth-order valence-corrected chi connectivity index (χ4v) is 15.0. The van der Waals surface area contributed by atoms with E-state index in [2.05, 4.69) is 43.5 Å². The molecule has 2 heterocycles. The molecule has 598 valence electrons. The van der Waals surface area contributed by atoms with Gasteiger partial charge in [0.05, 0.1) is 32.0 Å². The summed E-state index contributed by atoms with van der Waals surface area (Å²) in [6.45, 7) is 2.93. The number of amides is 1. The zero-order valence-corrected chi connectivity index (χ0v) is 65.9. The first-order valence-electron chi connectivity index (χ1n) is 44.1. The summed E-state index contributed by atoms with van der Waals surface area (Å²) in [5.74, 6) is -0.195. The highest BCUT2D eigenvalue weighted by molar-refractivity contribution is 5.76. The Bertz CT molecular complexity index is 1790. The van der Waals surface area contributed by atoms with E-state index in [1.807, 2.05) is 0 Å². The molecule has 0 saturated carbocycles. The van der Waals surface area contributed by atoms with Crippen LogP contribution < -0.4 is 5.32 Å². The van der Waals surface area contributed by atoms with Crippen molar-refractivity contribution >= 4 is 5.91 Å². The highest BCUT2D eigenvalue weighted by Gasteiger charge is 2.51. The highest BCUT2D eigenvalue weighted by atomic mass is 16.7. The molecule has 0 aromatic rings. The molecule has 14 nitrogen and oxygen atoms in total. The average molecular weight is 1440 g/mol. The summed E-state index contributed by atoms with van der Waals surface area (Å²) in [7, 11) is 0. The van der Waals surface area contributed by atoms with Gasteiger partial charge in [0.2, 0.25) is 5.91 Å². The number of hydrogen-bond acceptors (Lipinski definition) is 13. The minimum absolute atomic E-state index is 0.195. The zero-order chi connectivity index (χ0) is 73.0. The van der Waals surface area contributed by atoms with E-state index in [1.54, 1.807) is 0 Å². The SMILES string of the molecule is CCCCCCC/C=C\C/C=C\CCCCCCCCCCCCCCCCCCCCCCCCCCCCCCCC(=O)NC(COC1OC(CO)C(OC2OC(CO)C(O)C(O)C2O)C(O)C1O)C(O)CCCCCCCCCCCCCCCCCCCCCCCCCCCC. The van der Waals surface area contributed by atoms with Crippen molar-refractivity contribution in [2.24, 2.45) is 0 Å². The maximum Gasteiger partial charge on any atom is 0.220 e. The van der Waals surface area contributed by atoms with Gasteiger partial charge in [0, 0.05) is 6.42 Å². The third kappa shape index (κ3) is 53.8. The number of aliphatic hydroxyl groups is 8. The number of carbonyl (C=O) groups is 1. The van der Waals surface area contributed by atoms with Gasteiger partial charge < -0.3 is 65.1 Å². The van der Waals surface area contributed by atoms with E-state index < -0.39 is 86.8 Å². The Labute approximate surface area is 621 Å². The number of allylic oxidation sites excluding steroid dienone is 4. The van der Waals surface area contributed by atoms with Gasteiger partial charge in [0.1, 0.15) is 48.8 Å². The van der Waals surface area contributed by atoms with Crippen LogP contribution in [-0.2, 0) is 23.7 Å². The standard InChI is InChI=1S/C87H167NO13/c1-3-5-7-9-11-13-15-17-19-21-23-25-27-29-31-32-33-34-35-36-37-38-39-40-41-42-43-44-45-47-49-51-53-55-57-59-61-63-65-67-69-71-79(92)88-75(74-98-86-84(97)82(95)85(78(73-90)100-86)101-87-83(96)81(94)80(93)77(72-89)99-87)76(91)70-68-66-64-62-60-58-56-54-52-50-48-46-30-28-26-24-22-20-18-16-14-12-10-8-6-4-2/h15,17,21,23,75-78,80-87,89-91,93-97H,3-14,16,18-20,22,24-74H2,1-2H3,(H,88,92)/b17-15-,23-21-. The lowest BCUT2D eigenvalue weighted by Crippen LogP contribution is -2.65. The van der Waals surface area contributed by atoms with Gasteiger partial charge in [0.25, 0.3) is 0 Å². The molecule has 2 aliphatic rings. The van der Waals surface area contributed by atoms with Gasteiger partial charge in [-0.15, -0.1) is 0 Å². The molecule has 0 spiro atoms. The maximum atomic E-state index is 13.4. The molecule has 0 aliphatic carbocycles. The third-order valence-corrected chi connectivity index (χ3v) is 21.9. The molecular formula is C87H167NO13. The van der Waals surface area contributed by atoms with Crippen LogP contribution in [0.3, 0.4) is 0 Å². The number of carbonyl (C=O) groups excluding carboxylic acids is 1. The van der Waals surface area contributed by atoms with Gasteiger partial charge in [-0.2, -0.15) is 0 Å². The molecule has 0 radical (unpaired) electrons. The molecule has 2 saturated heterocycles. The number of hydrogen-bond donors (Lipinski definition) is 9. The second-order valence-electron chi connectivity index (χ2n) is 31.4. The summed E-state index contributed by atoms with van der Waals surface area (Å²) in [4.78, 5) is 13.4. The molecule has 2 fully saturated rings. The molecule has 9 N–H and O–H groups in total. The Morgan fingerprint density at radius 1 is 0.356 bits per heavy atom. The van der Waals surface area contributed by atoms with E-state index in [-0.39, 0.29) is 12.5 Å². The van der Waals surface area contributed by atoms with Gasteiger partial charge in [-0.05, 0) is 44.9 Å². The lowest BCUT2D eigenvalue weighted by atomic mass is 9.97. The van der Waals surface area contributed by atoms with Crippen LogP contribution in [0.25, 0.3) is 0 Å². The van der Waals surface area contributed by atoms with Crippen LogP contribution in [0.2, 0.25) is 0 Å². The summed E-state index contributed by atoms with van der Waals surface area (Å²) in [6.07, 6.45) is 76.8. The van der Waals surface area contributed by atoms with E-state index in [9.17, 15) is 45.6 Å². The van der Waals surface area contributed by atoms with Crippen molar-refractivity contribution in [1.29, 1.82) is 0 Å². The highest BCUT2D eigenvalue weighted by Crippen LogP contribution is 2.31. The van der Waals surface area contributed by atoms with Crippen molar-refractivity contribution in [1.82, 2.24) is 5.32 Å². The topological polar surface area (TPSA) is 228 Å². The Morgan fingerprint density at radius 3 is 0.990 bits per heavy atom. The van der Waals surface area contributed by atoms with Crippen LogP contribution in [0.1, 0.15) is 431 Å². The molecule has 2 aliphatic heterocycles. The lowest BCUT2D eigenvalue weighted by molar-refractivity contribution is -0.359. The molecule has 12 atom stereocenters. The van der Waals surface area contributed by atoms with Crippen molar-refractivity contribution in [2.45, 2.75) is 505 Å². The Kier molecular flexibility index (Phi) is 67.5. The van der Waals surface area contributed by atoms with Crippen LogP contribution in [-0.4, -0.2) is 140 Å². The van der Waals surface area contributed by atoms with E-state index in [4.69, 9.17) is 18.9 Å². The molecule has 0 aromatic heterocycles. The predicted molar refractivity (Wildman–Crippen MR) is 420 cm³/mol. The Balaban J connectivity index is 1.54. The minimum Gasteiger partial charge on any atom is -0.394 e. The number of aliphatic hydroxyl groups excluding tert-OH is 8. The minimum atomic E-state index is -1.78. The average Bonchev–Trinajstić information content (AvgIpc) is 0.792. The van der Waals surface area contributed by atoms with Gasteiger partial charge in [-0.1, -0.05) is 404 Å². The molecule has 101 heavy (non-hydrogen) atoms. The first-order chi connectivity index (χ1) is 49.6. The normalized spacial score (nSPS) is 21.8. The number of unbranched alkanes of at least 4 members (excludes halogenated alkanes) is 59. The summed E-state index contributed by atoms with van der Waals surface area (Å²) in [6, 6.07) is -0.828. The van der Waals surface area contributed by atoms with Crippen LogP contribution in [0.5, 0.6) is 0 Å². The summed E-state index contributed by atoms with van der Waals surface area (Å²) in [5, 5.41) is 88.0. The van der Waals surface area contributed by atoms with E-state index >= 15 is 0 Å². The second-order valence-corrected chi connectivity index (χ2v) is 31.4. The van der Waals surface area contributed by atoms with Crippen molar-refractivity contribution in [3.05, 3.63) is 24.3 Å². The fourth-order valence-electron chi connectivity index (χ4n) is 15.0. The van der Waals surface area contributed by atoms with E-state index in [0.29, 0.717) is 12.8 Å². The van der Waals surface area contributed by atoms with Gasteiger partial charge in [-0.3, -0.25) is 4.79 Å². The summed E-state index contributed by atoms with van der Waals surface area (Å²) >= 11 is 0. The predicted octanol–water partition coefficient (Wildman–Crippen LogP) is 21.0. The molecule has 12 unspecified atom stereocenters. The summed E-state index contributed by atoms with van der Waals surface area (Å²) in [5.41, 5.74) is 0. The van der Waals surface area contributed by atoms with Crippen molar-refractivity contribution < 1.29 is 64.6 Å². The van der Waals surface area contributed by atoms with Crippen LogP contribution >= 0.6 is 0 Å². The van der Waals surface area contributed by atoms with Gasteiger partial charge in [-0.25, -0.2) is 0 Å². The smallest absolute Gasteiger partial charge is 0.220 e. The van der Waals surface area contributed by atoms with Crippen molar-refractivity contribution in [3.63, 3.8) is 0 Å². The molecule has 2 rings (SSSR count). The number of rotatable bonds is 76. The maximum absolute atomic E-state index is 13.4. The fraction of sp³-hybridized carbons (Fsp3) is 0.943. The van der Waals surface area contributed by atoms with Crippen LogP contribution in [0.15, 0.2) is 24.3 Å². The van der Waals surface area contributed by atoms with E-state index in [1.165, 1.54) is 347 Å². The number of ether oxygens (including phenoxy) is 4. The van der Waals surface area contributed by atoms with E-state index in [0.717, 1.165) is 57.8 Å². The molecule has 0 bridgehead atoms. The number of nitrogens with one attached hydrogen (secondary N) is 1. The summed E-state index contributed by atoms with van der Waals surface area (Å²) < 4.78 is 23.0. The first kappa shape index (κ1) is 95.5. The van der Waals surface area contributed by atoms with Crippen LogP contribution in [0, 0.1) is 0 Å². The molecule has 1 amide bonds. The third-order valence-electron chi connectivity index (χ3n) is 21.9. The monoisotopic (exact) mass is 1430 g/mol. The molecule has 14 heteroatoms. The van der Waals surface area contributed by atoms with Crippen LogP contribution in [0.4, 0.5) is 0 Å². The largest absolute Gasteiger partial charge is 0.394 e. The van der Waals surface area contributed by atoms with Crippen molar-refractivity contribution in [2.75, 3.05) is 19.8 Å². The Hall–Kier alpha value is -1.53. The van der Waals surface area contributed by atoms with Gasteiger partial charge in [0.15, 0.2) is 12.6 Å². The van der Waals surface area contributed by atoms with Crippen molar-refractivity contribution in [3.8, 4) is 0 Å².